The minimum atomic E-state index is -0.273. The number of aromatic nitrogens is 2. The van der Waals surface area contributed by atoms with E-state index in [0.29, 0.717) is 25.2 Å². The summed E-state index contributed by atoms with van der Waals surface area (Å²) in [6.07, 6.45) is 1.31. The van der Waals surface area contributed by atoms with E-state index in [1.807, 2.05) is 0 Å². The highest BCUT2D eigenvalue weighted by atomic mass is 16.4. The predicted molar refractivity (Wildman–Crippen MR) is 45.4 cm³/mol. The van der Waals surface area contributed by atoms with E-state index in [4.69, 9.17) is 4.42 Å². The molecule has 0 unspecified atom stereocenters. The van der Waals surface area contributed by atoms with Crippen molar-refractivity contribution >= 4 is 17.8 Å². The zero-order valence-corrected chi connectivity index (χ0v) is 7.69. The van der Waals surface area contributed by atoms with Crippen LogP contribution in [0.25, 0.3) is 0 Å². The normalized spacial score (nSPS) is 17.6. The quantitative estimate of drug-likeness (QED) is 0.607. The average molecular weight is 195 g/mol. The van der Waals surface area contributed by atoms with Crippen molar-refractivity contribution in [3.8, 4) is 0 Å². The molecule has 74 valence electrons. The lowest BCUT2D eigenvalue weighted by atomic mass is 10.1. The van der Waals surface area contributed by atoms with Crippen LogP contribution < -0.4 is 4.90 Å². The van der Waals surface area contributed by atoms with E-state index in [0.717, 1.165) is 4.90 Å². The van der Waals surface area contributed by atoms with E-state index in [1.54, 1.807) is 6.92 Å². The van der Waals surface area contributed by atoms with Gasteiger partial charge < -0.3 is 4.42 Å². The Bertz CT molecular complexity index is 369. The summed E-state index contributed by atoms with van der Waals surface area (Å²) in [7, 11) is 0. The minimum absolute atomic E-state index is 0.0165. The molecule has 0 bridgehead atoms. The van der Waals surface area contributed by atoms with Crippen LogP contribution in [0.1, 0.15) is 25.2 Å². The van der Waals surface area contributed by atoms with Gasteiger partial charge >= 0.3 is 6.01 Å². The van der Waals surface area contributed by atoms with Gasteiger partial charge in [0.25, 0.3) is 0 Å². The van der Waals surface area contributed by atoms with E-state index >= 15 is 0 Å². The van der Waals surface area contributed by atoms with Crippen LogP contribution in [0.5, 0.6) is 0 Å². The van der Waals surface area contributed by atoms with Crippen molar-refractivity contribution in [3.63, 3.8) is 0 Å². The molecule has 0 radical (unpaired) electrons. The Hall–Kier alpha value is -1.72. The van der Waals surface area contributed by atoms with Crippen molar-refractivity contribution in [1.82, 2.24) is 10.2 Å². The molecule has 2 amide bonds. The van der Waals surface area contributed by atoms with Gasteiger partial charge in [0.05, 0.1) is 0 Å². The number of carbonyl (C=O) groups excluding carboxylic acids is 2. The van der Waals surface area contributed by atoms with Crippen LogP contribution in [-0.2, 0) is 9.59 Å². The summed E-state index contributed by atoms with van der Waals surface area (Å²) in [6.45, 7) is 1.61. The van der Waals surface area contributed by atoms with Gasteiger partial charge in [-0.3, -0.25) is 9.59 Å². The monoisotopic (exact) mass is 195 g/mol. The number of hydrogen-bond acceptors (Lipinski definition) is 5. The molecule has 2 rings (SSSR count). The second-order valence-electron chi connectivity index (χ2n) is 3.08. The Labute approximate surface area is 79.9 Å². The number of imide groups is 1. The summed E-state index contributed by atoms with van der Waals surface area (Å²) in [5, 5.41) is 7.21. The first-order valence-electron chi connectivity index (χ1n) is 4.34. The third-order valence-electron chi connectivity index (χ3n) is 1.99. The maximum absolute atomic E-state index is 11.4. The molecule has 1 aliphatic heterocycles. The van der Waals surface area contributed by atoms with Crippen molar-refractivity contribution < 1.29 is 14.0 Å². The minimum Gasteiger partial charge on any atom is -0.408 e. The molecule has 6 nitrogen and oxygen atoms in total. The Morgan fingerprint density at radius 2 is 1.86 bits per heavy atom. The van der Waals surface area contributed by atoms with Crippen LogP contribution in [-0.4, -0.2) is 22.0 Å². The molecule has 2 heterocycles. The number of piperidine rings is 1. The van der Waals surface area contributed by atoms with E-state index in [-0.39, 0.29) is 17.8 Å². The second-order valence-corrected chi connectivity index (χ2v) is 3.08. The molecule has 0 aliphatic carbocycles. The molecule has 0 N–H and O–H groups in total. The number of aryl methyl sites for hydroxylation is 1. The fraction of sp³-hybridized carbons (Fsp3) is 0.500. The van der Waals surface area contributed by atoms with Gasteiger partial charge in [0.1, 0.15) is 0 Å². The standard InChI is InChI=1S/C8H9N3O3/c1-5-9-10-8(14-5)11-6(12)3-2-4-7(11)13/h2-4H2,1H3. The zero-order chi connectivity index (χ0) is 10.1. The Morgan fingerprint density at radius 1 is 1.21 bits per heavy atom. The first-order valence-corrected chi connectivity index (χ1v) is 4.34. The van der Waals surface area contributed by atoms with E-state index in [9.17, 15) is 9.59 Å². The average Bonchev–Trinajstić information content (AvgIpc) is 2.51. The lowest BCUT2D eigenvalue weighted by Crippen LogP contribution is -2.40. The van der Waals surface area contributed by atoms with Gasteiger partial charge in [-0.2, -0.15) is 0 Å². The fourth-order valence-electron chi connectivity index (χ4n) is 1.34. The maximum atomic E-state index is 11.4. The molecule has 1 saturated heterocycles. The summed E-state index contributed by atoms with van der Waals surface area (Å²) >= 11 is 0. The molecule has 1 aromatic heterocycles. The number of carbonyl (C=O) groups is 2. The van der Waals surface area contributed by atoms with Gasteiger partial charge in [-0.25, -0.2) is 4.90 Å². The third-order valence-corrected chi connectivity index (χ3v) is 1.99. The SMILES string of the molecule is Cc1nnc(N2C(=O)CCCC2=O)o1. The number of hydrogen-bond donors (Lipinski definition) is 0. The van der Waals surface area contributed by atoms with Crippen LogP contribution >= 0.6 is 0 Å². The number of rotatable bonds is 1. The number of amides is 2. The smallest absolute Gasteiger partial charge is 0.332 e. The Kier molecular flexibility index (Phi) is 2.03. The van der Waals surface area contributed by atoms with Crippen molar-refractivity contribution in [1.29, 1.82) is 0 Å². The first kappa shape index (κ1) is 8.86. The van der Waals surface area contributed by atoms with Crippen molar-refractivity contribution in [2.75, 3.05) is 4.90 Å². The van der Waals surface area contributed by atoms with Crippen LogP contribution in [0.3, 0.4) is 0 Å². The van der Waals surface area contributed by atoms with Crippen molar-refractivity contribution in [2.45, 2.75) is 26.2 Å². The molecule has 14 heavy (non-hydrogen) atoms. The first-order chi connectivity index (χ1) is 6.68. The maximum Gasteiger partial charge on any atom is 0.332 e. The molecule has 1 aromatic rings. The zero-order valence-electron chi connectivity index (χ0n) is 7.69. The molecule has 6 heteroatoms. The topological polar surface area (TPSA) is 76.3 Å². The number of nitrogens with zero attached hydrogens (tertiary/aromatic N) is 3. The van der Waals surface area contributed by atoms with Gasteiger partial charge in [0, 0.05) is 19.8 Å². The molecule has 0 aromatic carbocycles. The highest BCUT2D eigenvalue weighted by Gasteiger charge is 2.31. The highest BCUT2D eigenvalue weighted by Crippen LogP contribution is 2.19. The lowest BCUT2D eigenvalue weighted by Gasteiger charge is -2.20. The summed E-state index contributed by atoms with van der Waals surface area (Å²) in [5.74, 6) is -0.207. The molecular formula is C8H9N3O3. The number of anilines is 1. The largest absolute Gasteiger partial charge is 0.408 e. The van der Waals surface area contributed by atoms with E-state index in [2.05, 4.69) is 10.2 Å². The molecular weight excluding hydrogens is 186 g/mol. The Morgan fingerprint density at radius 3 is 2.36 bits per heavy atom. The molecule has 1 fully saturated rings. The van der Waals surface area contributed by atoms with Gasteiger partial charge in [-0.1, -0.05) is 5.10 Å². The summed E-state index contributed by atoms with van der Waals surface area (Å²) < 4.78 is 5.03. The lowest BCUT2D eigenvalue weighted by molar-refractivity contribution is -0.129. The van der Waals surface area contributed by atoms with Gasteiger partial charge in [0.15, 0.2) is 0 Å². The summed E-state index contributed by atoms with van der Waals surface area (Å²) in [6, 6.07) is -0.0165. The van der Waals surface area contributed by atoms with Crippen LogP contribution in [0.2, 0.25) is 0 Å². The van der Waals surface area contributed by atoms with Crippen molar-refractivity contribution in [2.24, 2.45) is 0 Å². The summed E-state index contributed by atoms with van der Waals surface area (Å²) in [5.41, 5.74) is 0. The van der Waals surface area contributed by atoms with Gasteiger partial charge in [0.2, 0.25) is 17.7 Å². The van der Waals surface area contributed by atoms with Crippen LogP contribution in [0.15, 0.2) is 4.42 Å². The summed E-state index contributed by atoms with van der Waals surface area (Å²) in [4.78, 5) is 23.7. The van der Waals surface area contributed by atoms with Gasteiger partial charge in [-0.05, 0) is 6.42 Å². The molecule has 0 atom stereocenters. The highest BCUT2D eigenvalue weighted by molar-refractivity contribution is 6.14. The molecule has 0 spiro atoms. The molecule has 0 saturated carbocycles. The predicted octanol–water partition coefficient (Wildman–Crippen LogP) is 0.422. The molecule has 1 aliphatic rings. The van der Waals surface area contributed by atoms with Gasteiger partial charge in [-0.15, -0.1) is 5.10 Å². The second kappa shape index (κ2) is 3.21. The Balaban J connectivity index is 2.31. The van der Waals surface area contributed by atoms with E-state index in [1.165, 1.54) is 0 Å². The van der Waals surface area contributed by atoms with Crippen molar-refractivity contribution in [3.05, 3.63) is 5.89 Å². The van der Waals surface area contributed by atoms with Crippen LogP contribution in [0, 0.1) is 6.92 Å². The van der Waals surface area contributed by atoms with E-state index < -0.39 is 0 Å². The fourth-order valence-corrected chi connectivity index (χ4v) is 1.34. The third kappa shape index (κ3) is 1.39. The van der Waals surface area contributed by atoms with Crippen LogP contribution in [0.4, 0.5) is 6.01 Å².